The van der Waals surface area contributed by atoms with Gasteiger partial charge < -0.3 is 0 Å². The van der Waals surface area contributed by atoms with E-state index in [1.54, 1.807) is 0 Å². The molecule has 4 aliphatic rings. The maximum atomic E-state index is 6.04. The molecule has 0 radical (unpaired) electrons. The molecule has 0 aromatic heterocycles. The van der Waals surface area contributed by atoms with Gasteiger partial charge in [-0.2, -0.15) is 0 Å². The van der Waals surface area contributed by atoms with Crippen LogP contribution in [0.5, 0.6) is 0 Å². The van der Waals surface area contributed by atoms with Gasteiger partial charge in [0.05, 0.1) is 0 Å². The SMILES string of the molecule is C=C(CCl)CC1CCC2(C)C(=CCC3C2CCC2(C)C(CCCCC(C)C)CCC32)C1. The highest BCUT2D eigenvalue weighted by Gasteiger charge is 2.58. The summed E-state index contributed by atoms with van der Waals surface area (Å²) in [5, 5.41) is 0. The van der Waals surface area contributed by atoms with E-state index >= 15 is 0 Å². The Balaban J connectivity index is 1.42. The first-order valence-electron chi connectivity index (χ1n) is 13.7. The van der Waals surface area contributed by atoms with Crippen molar-refractivity contribution in [2.24, 2.45) is 46.3 Å². The lowest BCUT2D eigenvalue weighted by Gasteiger charge is -2.58. The molecule has 176 valence electrons. The van der Waals surface area contributed by atoms with E-state index in [1.165, 1.54) is 82.6 Å². The molecule has 3 saturated carbocycles. The first kappa shape index (κ1) is 23.9. The van der Waals surface area contributed by atoms with Gasteiger partial charge in [-0.25, -0.2) is 0 Å². The van der Waals surface area contributed by atoms with Crippen molar-refractivity contribution in [3.05, 3.63) is 23.8 Å². The molecular formula is C30H49Cl. The number of hydrogen-bond donors (Lipinski definition) is 0. The minimum Gasteiger partial charge on any atom is -0.122 e. The van der Waals surface area contributed by atoms with Crippen molar-refractivity contribution in [2.45, 2.75) is 111 Å². The number of rotatable bonds is 8. The molecule has 0 saturated heterocycles. The molecule has 7 atom stereocenters. The van der Waals surface area contributed by atoms with E-state index in [1.807, 2.05) is 5.57 Å². The quantitative estimate of drug-likeness (QED) is 0.198. The Morgan fingerprint density at radius 2 is 1.90 bits per heavy atom. The van der Waals surface area contributed by atoms with Crippen LogP contribution in [0.2, 0.25) is 0 Å². The smallest absolute Gasteiger partial charge is 0.0431 e. The summed E-state index contributed by atoms with van der Waals surface area (Å²) >= 11 is 6.04. The van der Waals surface area contributed by atoms with Crippen LogP contribution in [0.25, 0.3) is 0 Å². The zero-order valence-corrected chi connectivity index (χ0v) is 21.8. The number of alkyl halides is 1. The zero-order chi connectivity index (χ0) is 22.2. The summed E-state index contributed by atoms with van der Waals surface area (Å²) in [4.78, 5) is 0. The third-order valence-electron chi connectivity index (χ3n) is 10.8. The van der Waals surface area contributed by atoms with Gasteiger partial charge in [-0.1, -0.05) is 70.8 Å². The molecule has 0 aromatic rings. The number of halogens is 1. The predicted octanol–water partition coefficient (Wildman–Crippen LogP) is 9.58. The second kappa shape index (κ2) is 9.56. The van der Waals surface area contributed by atoms with Crippen molar-refractivity contribution >= 4 is 11.6 Å². The Bertz CT molecular complexity index is 674. The van der Waals surface area contributed by atoms with Crippen LogP contribution in [0.4, 0.5) is 0 Å². The molecule has 0 heterocycles. The third kappa shape index (κ3) is 4.58. The van der Waals surface area contributed by atoms with Crippen molar-refractivity contribution in [1.29, 1.82) is 0 Å². The van der Waals surface area contributed by atoms with Gasteiger partial charge >= 0.3 is 0 Å². The van der Waals surface area contributed by atoms with Gasteiger partial charge in [0, 0.05) is 5.88 Å². The molecule has 0 spiro atoms. The van der Waals surface area contributed by atoms with Gasteiger partial charge in [0.2, 0.25) is 0 Å². The summed E-state index contributed by atoms with van der Waals surface area (Å²) < 4.78 is 0. The largest absolute Gasteiger partial charge is 0.122 e. The second-order valence-electron chi connectivity index (χ2n) is 13.0. The van der Waals surface area contributed by atoms with Crippen molar-refractivity contribution < 1.29 is 0 Å². The zero-order valence-electron chi connectivity index (χ0n) is 21.0. The van der Waals surface area contributed by atoms with Crippen molar-refractivity contribution in [2.75, 3.05) is 5.88 Å². The second-order valence-corrected chi connectivity index (χ2v) is 13.2. The van der Waals surface area contributed by atoms with Gasteiger partial charge in [-0.05, 0) is 111 Å². The Kier molecular flexibility index (Phi) is 7.37. The Morgan fingerprint density at radius 3 is 2.65 bits per heavy atom. The fourth-order valence-electron chi connectivity index (χ4n) is 8.90. The fourth-order valence-corrected chi connectivity index (χ4v) is 9.01. The van der Waals surface area contributed by atoms with Crippen molar-refractivity contribution in [3.63, 3.8) is 0 Å². The molecule has 4 aliphatic carbocycles. The molecule has 0 nitrogen and oxygen atoms in total. The molecule has 0 amide bonds. The van der Waals surface area contributed by atoms with Crippen LogP contribution < -0.4 is 0 Å². The van der Waals surface area contributed by atoms with E-state index in [2.05, 4.69) is 40.3 Å². The molecule has 0 bridgehead atoms. The number of fused-ring (bicyclic) bond motifs is 5. The number of hydrogen-bond acceptors (Lipinski definition) is 0. The average Bonchev–Trinajstić information content (AvgIpc) is 3.07. The highest BCUT2D eigenvalue weighted by Crippen LogP contribution is 2.67. The highest BCUT2D eigenvalue weighted by atomic mass is 35.5. The normalized spacial score (nSPS) is 42.0. The van der Waals surface area contributed by atoms with Crippen LogP contribution in [-0.4, -0.2) is 5.88 Å². The van der Waals surface area contributed by atoms with Crippen molar-refractivity contribution in [3.8, 4) is 0 Å². The van der Waals surface area contributed by atoms with E-state index in [4.69, 9.17) is 11.6 Å². The first-order chi connectivity index (χ1) is 14.8. The van der Waals surface area contributed by atoms with Crippen LogP contribution in [-0.2, 0) is 0 Å². The minimum absolute atomic E-state index is 0.485. The highest BCUT2D eigenvalue weighted by molar-refractivity contribution is 6.19. The maximum absolute atomic E-state index is 6.04. The molecule has 0 N–H and O–H groups in total. The molecule has 7 unspecified atom stereocenters. The van der Waals surface area contributed by atoms with Crippen LogP contribution in [0.1, 0.15) is 111 Å². The topological polar surface area (TPSA) is 0 Å². The van der Waals surface area contributed by atoms with Gasteiger partial charge in [-0.15, -0.1) is 11.6 Å². The summed E-state index contributed by atoms with van der Waals surface area (Å²) in [5.41, 5.74) is 4.18. The van der Waals surface area contributed by atoms with Crippen LogP contribution in [0.3, 0.4) is 0 Å². The number of unbranched alkanes of at least 4 members (excludes halogenated alkanes) is 1. The summed E-state index contributed by atoms with van der Waals surface area (Å²) in [6.07, 6.45) is 21.2. The van der Waals surface area contributed by atoms with Gasteiger partial charge in [0.15, 0.2) is 0 Å². The van der Waals surface area contributed by atoms with Crippen LogP contribution in [0.15, 0.2) is 23.8 Å². The molecule has 3 fully saturated rings. The van der Waals surface area contributed by atoms with Crippen molar-refractivity contribution in [1.82, 2.24) is 0 Å². The summed E-state index contributed by atoms with van der Waals surface area (Å²) in [7, 11) is 0. The Labute approximate surface area is 198 Å². The minimum atomic E-state index is 0.485. The van der Waals surface area contributed by atoms with Gasteiger partial charge in [0.25, 0.3) is 0 Å². The van der Waals surface area contributed by atoms with E-state index in [9.17, 15) is 0 Å². The van der Waals surface area contributed by atoms with E-state index in [-0.39, 0.29) is 0 Å². The molecular weight excluding hydrogens is 396 g/mol. The molecule has 4 rings (SSSR count). The monoisotopic (exact) mass is 444 g/mol. The Hall–Kier alpha value is -0.230. The van der Waals surface area contributed by atoms with E-state index in [0.29, 0.717) is 16.7 Å². The molecule has 0 aromatic carbocycles. The molecule has 31 heavy (non-hydrogen) atoms. The third-order valence-corrected chi connectivity index (χ3v) is 11.1. The van der Waals surface area contributed by atoms with Gasteiger partial charge in [-0.3, -0.25) is 0 Å². The summed E-state index contributed by atoms with van der Waals surface area (Å²) in [6, 6.07) is 0. The lowest BCUT2D eigenvalue weighted by molar-refractivity contribution is -0.0455. The summed E-state index contributed by atoms with van der Waals surface area (Å²) in [6.45, 7) is 14.3. The first-order valence-corrected chi connectivity index (χ1v) is 14.2. The lowest BCUT2D eigenvalue weighted by Crippen LogP contribution is -2.50. The molecule has 0 aliphatic heterocycles. The number of allylic oxidation sites excluding steroid dienone is 3. The fraction of sp³-hybridized carbons (Fsp3) is 0.867. The Morgan fingerprint density at radius 1 is 1.10 bits per heavy atom. The maximum Gasteiger partial charge on any atom is 0.0431 e. The lowest BCUT2D eigenvalue weighted by atomic mass is 9.46. The standard InChI is InChI=1S/C30H49Cl/c1-21(2)8-6-7-9-24-11-13-27-26-12-10-25-19-23(18-22(3)20-31)14-16-30(25,5)28(26)15-17-29(24,27)4/h10,21,23-24,26-28H,3,6-9,11-20H2,1-2,4-5H3. The van der Waals surface area contributed by atoms with E-state index < -0.39 is 0 Å². The van der Waals surface area contributed by atoms with E-state index in [0.717, 1.165) is 41.9 Å². The average molecular weight is 445 g/mol. The van der Waals surface area contributed by atoms with Crippen LogP contribution in [0, 0.1) is 46.3 Å². The summed E-state index contributed by atoms with van der Waals surface area (Å²) in [5.74, 6) is 6.19. The molecule has 1 heteroatoms. The van der Waals surface area contributed by atoms with Crippen LogP contribution >= 0.6 is 11.6 Å². The van der Waals surface area contributed by atoms with Gasteiger partial charge in [0.1, 0.15) is 0 Å². The predicted molar refractivity (Wildman–Crippen MR) is 136 cm³/mol.